The summed E-state index contributed by atoms with van der Waals surface area (Å²) in [6, 6.07) is 17.2. The van der Waals surface area contributed by atoms with Gasteiger partial charge in [0, 0.05) is 43.5 Å². The van der Waals surface area contributed by atoms with E-state index >= 15 is 0 Å². The zero-order valence-corrected chi connectivity index (χ0v) is 21.6. The first-order valence-corrected chi connectivity index (χ1v) is 12.7. The summed E-state index contributed by atoms with van der Waals surface area (Å²) in [6.07, 6.45) is 7.25. The Kier molecular flexibility index (Phi) is 7.28. The third-order valence-corrected chi connectivity index (χ3v) is 6.77. The van der Waals surface area contributed by atoms with E-state index in [1.165, 1.54) is 0 Å². The number of likely N-dealkylation sites (tertiary alicyclic amines) is 1. The molecule has 1 aliphatic heterocycles. The van der Waals surface area contributed by atoms with E-state index < -0.39 is 0 Å². The number of H-pyrrole nitrogens is 1. The Morgan fingerprint density at radius 3 is 2.63 bits per heavy atom. The van der Waals surface area contributed by atoms with Crippen molar-refractivity contribution in [2.75, 3.05) is 32.9 Å². The Labute approximate surface area is 221 Å². The van der Waals surface area contributed by atoms with Crippen LogP contribution in [0.1, 0.15) is 12.8 Å². The van der Waals surface area contributed by atoms with Gasteiger partial charge in [0.1, 0.15) is 17.0 Å². The summed E-state index contributed by atoms with van der Waals surface area (Å²) in [4.78, 5) is 29.7. The molecule has 3 N–H and O–H groups in total. The van der Waals surface area contributed by atoms with E-state index in [4.69, 9.17) is 10.5 Å². The van der Waals surface area contributed by atoms with Crippen molar-refractivity contribution in [3.63, 3.8) is 0 Å². The van der Waals surface area contributed by atoms with Crippen LogP contribution in [0, 0.1) is 0 Å². The molecule has 0 aliphatic carbocycles. The molecular weight excluding hydrogens is 480 g/mol. The van der Waals surface area contributed by atoms with Crippen LogP contribution in [0.3, 0.4) is 0 Å². The van der Waals surface area contributed by atoms with Gasteiger partial charge in [-0.3, -0.25) is 9.59 Å². The summed E-state index contributed by atoms with van der Waals surface area (Å²) < 4.78 is 7.84. The number of likely N-dealkylation sites (N-methyl/N-ethyl adjacent to an activating group) is 1. The normalized spacial score (nSPS) is 15.7. The van der Waals surface area contributed by atoms with Gasteiger partial charge in [-0.2, -0.15) is 5.10 Å². The average molecular weight is 513 g/mol. The van der Waals surface area contributed by atoms with Crippen molar-refractivity contribution in [3.05, 3.63) is 83.3 Å². The molecule has 196 valence electrons. The Balaban J connectivity index is 1.44. The number of carbonyl (C=O) groups excluding carboxylic acids is 1. The topological polar surface area (TPSA) is 109 Å². The monoisotopic (exact) mass is 512 g/mol. The van der Waals surface area contributed by atoms with Crippen LogP contribution in [0.15, 0.2) is 77.7 Å². The number of nitrogens with zero attached hydrogens (tertiary/aromatic N) is 4. The van der Waals surface area contributed by atoms with Gasteiger partial charge in [0.05, 0.1) is 5.39 Å². The summed E-state index contributed by atoms with van der Waals surface area (Å²) in [6.45, 7) is 1.89. The summed E-state index contributed by atoms with van der Waals surface area (Å²) in [7, 11) is 3.92. The number of ether oxygens (including phenoxy) is 1. The van der Waals surface area contributed by atoms with E-state index in [2.05, 4.69) is 10.2 Å². The first kappa shape index (κ1) is 25.3. The molecule has 9 nitrogen and oxygen atoms in total. The van der Waals surface area contributed by atoms with Crippen LogP contribution >= 0.6 is 0 Å². The number of rotatable bonds is 8. The van der Waals surface area contributed by atoms with E-state index in [1.807, 2.05) is 95.3 Å². The lowest BCUT2D eigenvalue weighted by Gasteiger charge is -2.24. The van der Waals surface area contributed by atoms with Crippen molar-refractivity contribution in [2.45, 2.75) is 25.4 Å². The van der Waals surface area contributed by atoms with E-state index in [-0.39, 0.29) is 23.3 Å². The molecule has 5 rings (SSSR count). The Bertz CT molecular complexity index is 1510. The maximum atomic E-state index is 12.9. The molecule has 3 heterocycles. The standard InChI is InChI=1S/C29H32N6O3/c1-33(2)16-7-11-25(36)35-17-6-8-21(35)18-34-19-24(26-27(34)29(37)32-31-28(26)30)20-12-14-23(15-13-20)38-22-9-4-3-5-10-22/h3-5,7,9-15,19,21H,6,8,16-18H2,1-2H3,(H2,30,31)(H,32,37)/t21-/m0/s1. The highest BCUT2D eigenvalue weighted by Crippen LogP contribution is 2.34. The van der Waals surface area contributed by atoms with Gasteiger partial charge in [-0.25, -0.2) is 5.10 Å². The lowest BCUT2D eigenvalue weighted by molar-refractivity contribution is -0.127. The number of carbonyl (C=O) groups is 1. The number of benzene rings is 2. The van der Waals surface area contributed by atoms with Crippen molar-refractivity contribution in [3.8, 4) is 22.6 Å². The summed E-state index contributed by atoms with van der Waals surface area (Å²) in [5.41, 5.74) is 8.12. The number of nitrogens with one attached hydrogen (secondary N) is 1. The fraction of sp³-hybridized carbons (Fsp3) is 0.276. The summed E-state index contributed by atoms with van der Waals surface area (Å²) in [5.74, 6) is 1.71. The Morgan fingerprint density at radius 2 is 1.89 bits per heavy atom. The fourth-order valence-electron chi connectivity index (χ4n) is 4.97. The third-order valence-electron chi connectivity index (χ3n) is 6.77. The number of aromatic amines is 1. The highest BCUT2D eigenvalue weighted by molar-refractivity contribution is 6.02. The fourth-order valence-corrected chi connectivity index (χ4v) is 4.97. The van der Waals surface area contributed by atoms with E-state index in [0.29, 0.717) is 36.3 Å². The molecule has 1 atom stereocenters. The molecular formula is C29H32N6O3. The molecule has 38 heavy (non-hydrogen) atoms. The Hall–Kier alpha value is -4.37. The first-order chi connectivity index (χ1) is 18.4. The number of para-hydroxylation sites is 1. The highest BCUT2D eigenvalue weighted by Gasteiger charge is 2.29. The van der Waals surface area contributed by atoms with E-state index in [1.54, 1.807) is 6.08 Å². The van der Waals surface area contributed by atoms with Crippen LogP contribution in [0.2, 0.25) is 0 Å². The number of anilines is 1. The number of nitrogens with two attached hydrogens (primary N) is 1. The van der Waals surface area contributed by atoms with Gasteiger partial charge in [0.15, 0.2) is 5.82 Å². The van der Waals surface area contributed by atoms with Gasteiger partial charge in [-0.1, -0.05) is 36.4 Å². The Morgan fingerprint density at radius 1 is 1.16 bits per heavy atom. The second kappa shape index (κ2) is 10.9. The van der Waals surface area contributed by atoms with Crippen LogP contribution in [0.4, 0.5) is 5.82 Å². The van der Waals surface area contributed by atoms with Gasteiger partial charge in [-0.15, -0.1) is 0 Å². The molecule has 4 aromatic rings. The van der Waals surface area contributed by atoms with Gasteiger partial charge in [0.25, 0.3) is 5.56 Å². The second-order valence-corrected chi connectivity index (χ2v) is 9.79. The molecule has 0 spiro atoms. The molecule has 1 aliphatic rings. The largest absolute Gasteiger partial charge is 0.457 e. The van der Waals surface area contributed by atoms with Crippen LogP contribution in [-0.4, -0.2) is 63.7 Å². The predicted octanol–water partition coefficient (Wildman–Crippen LogP) is 3.87. The van der Waals surface area contributed by atoms with Gasteiger partial charge >= 0.3 is 0 Å². The molecule has 0 unspecified atom stereocenters. The lowest BCUT2D eigenvalue weighted by Crippen LogP contribution is -2.37. The van der Waals surface area contributed by atoms with Gasteiger partial charge < -0.3 is 24.8 Å². The number of aromatic nitrogens is 3. The van der Waals surface area contributed by atoms with Crippen LogP contribution in [0.25, 0.3) is 22.0 Å². The third kappa shape index (κ3) is 5.33. The minimum atomic E-state index is -0.314. The highest BCUT2D eigenvalue weighted by atomic mass is 16.5. The van der Waals surface area contributed by atoms with E-state index in [0.717, 1.165) is 29.7 Å². The zero-order valence-electron chi connectivity index (χ0n) is 21.6. The SMILES string of the molecule is CN(C)CC=CC(=O)N1CCC[C@H]1Cn1cc(-c2ccc(Oc3ccccc3)cc2)c2c(N)n[nH]c(=O)c21. The maximum Gasteiger partial charge on any atom is 0.288 e. The number of nitrogen functional groups attached to an aromatic ring is 1. The van der Waals surface area contributed by atoms with Gasteiger partial charge in [-0.05, 0) is 56.8 Å². The zero-order chi connectivity index (χ0) is 26.6. The van der Waals surface area contributed by atoms with Crippen molar-refractivity contribution < 1.29 is 9.53 Å². The van der Waals surface area contributed by atoms with Gasteiger partial charge in [0.2, 0.25) is 5.91 Å². The maximum absolute atomic E-state index is 12.9. The molecule has 2 aromatic carbocycles. The quantitative estimate of drug-likeness (QED) is 0.347. The number of hydrogen-bond acceptors (Lipinski definition) is 6. The van der Waals surface area contributed by atoms with E-state index in [9.17, 15) is 9.59 Å². The molecule has 0 saturated carbocycles. The van der Waals surface area contributed by atoms with Crippen molar-refractivity contribution in [1.82, 2.24) is 24.6 Å². The van der Waals surface area contributed by atoms with Crippen molar-refractivity contribution in [2.24, 2.45) is 0 Å². The summed E-state index contributed by atoms with van der Waals surface area (Å²) in [5, 5.41) is 7.14. The second-order valence-electron chi connectivity index (χ2n) is 9.79. The number of fused-ring (bicyclic) bond motifs is 1. The minimum Gasteiger partial charge on any atom is -0.457 e. The first-order valence-electron chi connectivity index (χ1n) is 12.7. The van der Waals surface area contributed by atoms with Crippen LogP contribution in [-0.2, 0) is 11.3 Å². The average Bonchev–Trinajstić information content (AvgIpc) is 3.53. The van der Waals surface area contributed by atoms with Crippen LogP contribution < -0.4 is 16.0 Å². The smallest absolute Gasteiger partial charge is 0.288 e. The summed E-state index contributed by atoms with van der Waals surface area (Å²) >= 11 is 0. The molecule has 1 fully saturated rings. The molecule has 0 bridgehead atoms. The number of amides is 1. The number of hydrogen-bond donors (Lipinski definition) is 2. The molecule has 2 aromatic heterocycles. The van der Waals surface area contributed by atoms with Crippen molar-refractivity contribution in [1.29, 1.82) is 0 Å². The molecule has 1 saturated heterocycles. The molecule has 0 radical (unpaired) electrons. The molecule has 9 heteroatoms. The minimum absolute atomic E-state index is 0.00451. The predicted molar refractivity (Wildman–Crippen MR) is 149 cm³/mol. The molecule has 1 amide bonds. The van der Waals surface area contributed by atoms with Crippen LogP contribution in [0.5, 0.6) is 11.5 Å². The lowest BCUT2D eigenvalue weighted by atomic mass is 10.1. The van der Waals surface area contributed by atoms with Crippen molar-refractivity contribution >= 4 is 22.6 Å².